The number of likely N-dealkylation sites (tertiary alicyclic amines) is 1. The number of ether oxygens (including phenoxy) is 1. The van der Waals surface area contributed by atoms with Gasteiger partial charge in [-0.2, -0.15) is 4.98 Å². The van der Waals surface area contributed by atoms with Crippen LogP contribution in [0.3, 0.4) is 0 Å². The number of aromatic nitrogens is 2. The molecule has 2 saturated heterocycles. The summed E-state index contributed by atoms with van der Waals surface area (Å²) >= 11 is 0. The molecule has 3 heterocycles. The molecule has 1 N–H and O–H groups in total. The highest BCUT2D eigenvalue weighted by Gasteiger charge is 2.34. The zero-order valence-electron chi connectivity index (χ0n) is 12.0. The molecule has 3 rings (SSSR count). The van der Waals surface area contributed by atoms with Crippen LogP contribution >= 0.6 is 0 Å². The number of piperidine rings is 1. The first kappa shape index (κ1) is 14.0. The normalized spacial score (nSPS) is 24.9. The molecule has 20 heavy (non-hydrogen) atoms. The molecule has 0 aromatic carbocycles. The van der Waals surface area contributed by atoms with Gasteiger partial charge >= 0.3 is 0 Å². The van der Waals surface area contributed by atoms with Crippen LogP contribution in [0.4, 0.5) is 0 Å². The van der Waals surface area contributed by atoms with E-state index in [0.29, 0.717) is 25.0 Å². The number of nitrogens with zero attached hydrogens (tertiary/aromatic N) is 3. The van der Waals surface area contributed by atoms with Crippen molar-refractivity contribution < 1.29 is 14.4 Å². The maximum atomic E-state index is 10.5. The van der Waals surface area contributed by atoms with Gasteiger partial charge in [-0.3, -0.25) is 0 Å². The fourth-order valence-electron chi connectivity index (χ4n) is 3.14. The van der Waals surface area contributed by atoms with Gasteiger partial charge in [0.1, 0.15) is 0 Å². The Kier molecular flexibility index (Phi) is 4.05. The predicted octanol–water partition coefficient (Wildman–Crippen LogP) is 1.10. The van der Waals surface area contributed by atoms with Gasteiger partial charge in [-0.25, -0.2) is 0 Å². The van der Waals surface area contributed by atoms with Crippen molar-refractivity contribution in [1.29, 1.82) is 0 Å². The number of hydrogen-bond acceptors (Lipinski definition) is 6. The highest BCUT2D eigenvalue weighted by Crippen LogP contribution is 2.29. The standard InChI is InChI=1S/C14H23N3O3/c1-11-15-13(20-16-11)12-2-6-17(7-3-12)10-14(18)4-8-19-9-5-14/h12,18H,2-10H2,1H3. The SMILES string of the molecule is Cc1noc(C2CCN(CC3(O)CCOCC3)CC2)n1. The van der Waals surface area contributed by atoms with Gasteiger partial charge in [0.15, 0.2) is 5.82 Å². The van der Waals surface area contributed by atoms with E-state index in [1.807, 2.05) is 6.92 Å². The highest BCUT2D eigenvalue weighted by atomic mass is 16.5. The first-order chi connectivity index (χ1) is 9.65. The summed E-state index contributed by atoms with van der Waals surface area (Å²) < 4.78 is 10.6. The second kappa shape index (κ2) is 5.79. The summed E-state index contributed by atoms with van der Waals surface area (Å²) in [4.78, 5) is 6.68. The monoisotopic (exact) mass is 281 g/mol. The van der Waals surface area contributed by atoms with E-state index in [4.69, 9.17) is 9.26 Å². The van der Waals surface area contributed by atoms with Crippen molar-refractivity contribution in [1.82, 2.24) is 15.0 Å². The van der Waals surface area contributed by atoms with Crippen molar-refractivity contribution in [3.8, 4) is 0 Å². The molecule has 2 aliphatic heterocycles. The van der Waals surface area contributed by atoms with Crippen LogP contribution in [-0.2, 0) is 4.74 Å². The Hall–Kier alpha value is -0.980. The molecule has 6 nitrogen and oxygen atoms in total. The van der Waals surface area contributed by atoms with Crippen molar-refractivity contribution in [2.24, 2.45) is 0 Å². The molecule has 2 aliphatic rings. The molecule has 1 aromatic rings. The molecule has 2 fully saturated rings. The quantitative estimate of drug-likeness (QED) is 0.894. The van der Waals surface area contributed by atoms with Crippen LogP contribution < -0.4 is 0 Å². The largest absolute Gasteiger partial charge is 0.388 e. The third kappa shape index (κ3) is 3.19. The minimum Gasteiger partial charge on any atom is -0.388 e. The maximum absolute atomic E-state index is 10.5. The fraction of sp³-hybridized carbons (Fsp3) is 0.857. The van der Waals surface area contributed by atoms with E-state index in [0.717, 1.165) is 51.2 Å². The van der Waals surface area contributed by atoms with Crippen molar-refractivity contribution in [2.45, 2.75) is 44.1 Å². The Morgan fingerprint density at radius 3 is 2.60 bits per heavy atom. The molecule has 0 spiro atoms. The summed E-state index contributed by atoms with van der Waals surface area (Å²) in [5.41, 5.74) is -0.563. The van der Waals surface area contributed by atoms with Gasteiger partial charge in [-0.05, 0) is 32.9 Å². The smallest absolute Gasteiger partial charge is 0.229 e. The lowest BCUT2D eigenvalue weighted by atomic mass is 9.91. The average molecular weight is 281 g/mol. The number of hydrogen-bond donors (Lipinski definition) is 1. The molecular formula is C14H23N3O3. The van der Waals surface area contributed by atoms with Gasteiger partial charge in [0, 0.05) is 38.5 Å². The molecule has 1 aromatic heterocycles. The number of β-amino-alcohol motifs (C(OH)–C–C–N with tert-alkyl or cyclic N) is 1. The minimum atomic E-state index is -0.563. The van der Waals surface area contributed by atoms with Crippen LogP contribution in [0.1, 0.15) is 43.3 Å². The van der Waals surface area contributed by atoms with Gasteiger partial charge in [0.25, 0.3) is 0 Å². The van der Waals surface area contributed by atoms with Crippen molar-refractivity contribution in [3.05, 3.63) is 11.7 Å². The molecule has 112 valence electrons. The molecule has 6 heteroatoms. The third-order valence-electron chi connectivity index (χ3n) is 4.42. The average Bonchev–Trinajstić information content (AvgIpc) is 2.87. The topological polar surface area (TPSA) is 71.6 Å². The van der Waals surface area contributed by atoms with Gasteiger partial charge in [0.2, 0.25) is 5.89 Å². The number of rotatable bonds is 3. The van der Waals surface area contributed by atoms with E-state index in [1.165, 1.54) is 0 Å². The van der Waals surface area contributed by atoms with E-state index in [1.54, 1.807) is 0 Å². The van der Waals surface area contributed by atoms with Crippen molar-refractivity contribution in [3.63, 3.8) is 0 Å². The Morgan fingerprint density at radius 1 is 1.30 bits per heavy atom. The Balaban J connectivity index is 1.51. The molecule has 0 saturated carbocycles. The Bertz CT molecular complexity index is 435. The van der Waals surface area contributed by atoms with Gasteiger partial charge < -0.3 is 19.3 Å². The van der Waals surface area contributed by atoms with E-state index in [2.05, 4.69) is 15.0 Å². The maximum Gasteiger partial charge on any atom is 0.229 e. The van der Waals surface area contributed by atoms with Gasteiger partial charge in [-0.1, -0.05) is 5.16 Å². The van der Waals surface area contributed by atoms with Crippen LogP contribution in [0.2, 0.25) is 0 Å². The summed E-state index contributed by atoms with van der Waals surface area (Å²) in [5, 5.41) is 14.4. The first-order valence-electron chi connectivity index (χ1n) is 7.47. The third-order valence-corrected chi connectivity index (χ3v) is 4.42. The predicted molar refractivity (Wildman–Crippen MR) is 72.5 cm³/mol. The van der Waals surface area contributed by atoms with E-state index in [-0.39, 0.29) is 0 Å². The highest BCUT2D eigenvalue weighted by molar-refractivity contribution is 4.96. The second-order valence-corrected chi connectivity index (χ2v) is 6.07. The van der Waals surface area contributed by atoms with E-state index >= 15 is 0 Å². The lowest BCUT2D eigenvalue weighted by molar-refractivity contribution is -0.0822. The zero-order chi connectivity index (χ0) is 14.0. The Labute approximate surface area is 119 Å². The van der Waals surface area contributed by atoms with Crippen molar-refractivity contribution >= 4 is 0 Å². The van der Waals surface area contributed by atoms with Crippen LogP contribution in [0.15, 0.2) is 4.52 Å². The fourth-order valence-corrected chi connectivity index (χ4v) is 3.14. The van der Waals surface area contributed by atoms with E-state index in [9.17, 15) is 5.11 Å². The summed E-state index contributed by atoms with van der Waals surface area (Å²) in [6.45, 7) is 5.92. The number of aryl methyl sites for hydroxylation is 1. The lowest BCUT2D eigenvalue weighted by Gasteiger charge is -2.39. The second-order valence-electron chi connectivity index (χ2n) is 6.07. The lowest BCUT2D eigenvalue weighted by Crippen LogP contribution is -2.48. The molecule has 0 atom stereocenters. The van der Waals surface area contributed by atoms with Crippen LogP contribution in [-0.4, -0.2) is 58.6 Å². The van der Waals surface area contributed by atoms with Crippen LogP contribution in [0, 0.1) is 6.92 Å². The zero-order valence-corrected chi connectivity index (χ0v) is 12.0. The molecule has 0 amide bonds. The van der Waals surface area contributed by atoms with Crippen LogP contribution in [0.5, 0.6) is 0 Å². The van der Waals surface area contributed by atoms with Gasteiger partial charge in [0.05, 0.1) is 5.60 Å². The summed E-state index contributed by atoms with van der Waals surface area (Å²) in [6, 6.07) is 0. The van der Waals surface area contributed by atoms with Crippen molar-refractivity contribution in [2.75, 3.05) is 32.8 Å². The first-order valence-corrected chi connectivity index (χ1v) is 7.47. The number of aliphatic hydroxyl groups is 1. The summed E-state index contributed by atoms with van der Waals surface area (Å²) in [7, 11) is 0. The Morgan fingerprint density at radius 2 is 2.00 bits per heavy atom. The molecular weight excluding hydrogens is 258 g/mol. The van der Waals surface area contributed by atoms with Crippen LogP contribution in [0.25, 0.3) is 0 Å². The molecule has 0 radical (unpaired) electrons. The van der Waals surface area contributed by atoms with Gasteiger partial charge in [-0.15, -0.1) is 0 Å². The summed E-state index contributed by atoms with van der Waals surface area (Å²) in [5.74, 6) is 1.85. The minimum absolute atomic E-state index is 0.372. The molecule has 0 bridgehead atoms. The summed E-state index contributed by atoms with van der Waals surface area (Å²) in [6.07, 6.45) is 3.54. The van der Waals surface area contributed by atoms with E-state index < -0.39 is 5.60 Å². The molecule has 0 unspecified atom stereocenters. The molecule has 0 aliphatic carbocycles.